The Kier molecular flexibility index (Phi) is 41.3. The van der Waals surface area contributed by atoms with Crippen molar-refractivity contribution < 1.29 is 32.2 Å². The molecule has 0 rings (SSSR count). The van der Waals surface area contributed by atoms with Crippen molar-refractivity contribution in [1.82, 2.24) is 0 Å². The summed E-state index contributed by atoms with van der Waals surface area (Å²) in [5.41, 5.74) is 0. The molecule has 30 heavy (non-hydrogen) atoms. The summed E-state index contributed by atoms with van der Waals surface area (Å²) in [6.07, 6.45) is 22.3. The van der Waals surface area contributed by atoms with E-state index in [1.165, 1.54) is 89.9 Å². The minimum Gasteiger partial charge on any atom is -1.00 e. The van der Waals surface area contributed by atoms with Crippen molar-refractivity contribution in [3.05, 3.63) is 0 Å². The van der Waals surface area contributed by atoms with Crippen LogP contribution in [0.4, 0.5) is 0 Å². The van der Waals surface area contributed by atoms with Crippen molar-refractivity contribution in [3.8, 4) is 0 Å². The van der Waals surface area contributed by atoms with Gasteiger partial charge in [0, 0.05) is 11.9 Å². The molecule has 0 amide bonds. The number of rotatable bonds is 20. The van der Waals surface area contributed by atoms with Crippen LogP contribution in [0.25, 0.3) is 0 Å². The number of carbonyl (C=O) groups is 2. The van der Waals surface area contributed by atoms with Crippen LogP contribution in [0, 0.1) is 0 Å². The molecule has 0 aromatic heterocycles. The Bertz CT molecular complexity index is 309. The number of carboxylic acids is 2. The summed E-state index contributed by atoms with van der Waals surface area (Å²) in [6, 6.07) is 0. The zero-order valence-electron chi connectivity index (χ0n) is 19.7. The van der Waals surface area contributed by atoms with E-state index in [1.54, 1.807) is 0 Å². The average molecular weight is 461 g/mol. The Morgan fingerprint density at radius 1 is 0.467 bits per heavy atom. The SMILES string of the molecule is CCCCCCCCCCCC(=O)[O-].CCCCCCCCCCCC(=O)[O-].[Al+3].[Cl-]. The van der Waals surface area contributed by atoms with Crippen molar-refractivity contribution in [1.29, 1.82) is 0 Å². The van der Waals surface area contributed by atoms with E-state index in [2.05, 4.69) is 13.8 Å². The van der Waals surface area contributed by atoms with Crippen LogP contribution in [-0.2, 0) is 9.59 Å². The second-order valence-electron chi connectivity index (χ2n) is 7.90. The molecule has 0 heterocycles. The Balaban J connectivity index is -0.000000211. The van der Waals surface area contributed by atoms with Crippen LogP contribution in [0.3, 0.4) is 0 Å². The summed E-state index contributed by atoms with van der Waals surface area (Å²) in [7, 11) is 0. The molecule has 0 saturated heterocycles. The number of carboxylic acid groups (broad SMARTS) is 2. The van der Waals surface area contributed by atoms with Gasteiger partial charge in [0.2, 0.25) is 0 Å². The first-order chi connectivity index (χ1) is 13.5. The number of hydrogen-bond acceptors (Lipinski definition) is 4. The first-order valence-electron chi connectivity index (χ1n) is 11.9. The van der Waals surface area contributed by atoms with Gasteiger partial charge in [-0.25, -0.2) is 0 Å². The van der Waals surface area contributed by atoms with Crippen LogP contribution >= 0.6 is 0 Å². The minimum atomic E-state index is -0.909. The molecule has 0 radical (unpaired) electrons. The van der Waals surface area contributed by atoms with Crippen molar-refractivity contribution >= 4 is 29.3 Å². The van der Waals surface area contributed by atoms with E-state index in [1.807, 2.05) is 0 Å². The van der Waals surface area contributed by atoms with Gasteiger partial charge in [0.25, 0.3) is 0 Å². The molecule has 0 aliphatic rings. The topological polar surface area (TPSA) is 80.3 Å². The standard InChI is InChI=1S/2C12H24O2.Al.ClH/c2*1-2-3-4-5-6-7-8-9-10-11-12(13)14;;/h2*2-11H2,1H3,(H,13,14);;1H/q;;+3;/p-3. The largest absolute Gasteiger partial charge is 3.00 e. The molecule has 6 heteroatoms. The third-order valence-electron chi connectivity index (χ3n) is 4.97. The molecule has 0 saturated carbocycles. The third kappa shape index (κ3) is 42.0. The van der Waals surface area contributed by atoms with Gasteiger partial charge in [-0.3, -0.25) is 0 Å². The quantitative estimate of drug-likeness (QED) is 0.205. The zero-order valence-corrected chi connectivity index (χ0v) is 21.6. The van der Waals surface area contributed by atoms with E-state index in [0.717, 1.165) is 25.7 Å². The van der Waals surface area contributed by atoms with Crippen molar-refractivity contribution in [3.63, 3.8) is 0 Å². The first kappa shape index (κ1) is 37.1. The molecule has 0 aromatic rings. The molecule has 0 bridgehead atoms. The maximum atomic E-state index is 10.1. The number of aliphatic carboxylic acids is 2. The van der Waals surface area contributed by atoms with Gasteiger partial charge in [-0.15, -0.1) is 0 Å². The summed E-state index contributed by atoms with van der Waals surface area (Å²) in [5.74, 6) is -1.82. The van der Waals surface area contributed by atoms with E-state index in [0.29, 0.717) is 0 Å². The van der Waals surface area contributed by atoms with Gasteiger partial charge >= 0.3 is 17.4 Å². The molecule has 0 spiro atoms. The first-order valence-corrected chi connectivity index (χ1v) is 11.9. The summed E-state index contributed by atoms with van der Waals surface area (Å²) in [6.45, 7) is 4.44. The molecule has 0 aliphatic carbocycles. The van der Waals surface area contributed by atoms with Crippen molar-refractivity contribution in [2.45, 2.75) is 142 Å². The number of hydrogen-bond donors (Lipinski definition) is 0. The van der Waals surface area contributed by atoms with Gasteiger partial charge in [-0.1, -0.05) is 117 Å². The van der Waals surface area contributed by atoms with Gasteiger partial charge in [0.15, 0.2) is 0 Å². The zero-order chi connectivity index (χ0) is 21.3. The van der Waals surface area contributed by atoms with E-state index >= 15 is 0 Å². The van der Waals surface area contributed by atoms with Gasteiger partial charge < -0.3 is 32.2 Å². The van der Waals surface area contributed by atoms with Crippen LogP contribution in [0.5, 0.6) is 0 Å². The van der Waals surface area contributed by atoms with Crippen LogP contribution < -0.4 is 22.6 Å². The summed E-state index contributed by atoms with van der Waals surface area (Å²) in [4.78, 5) is 20.2. The Morgan fingerprint density at radius 3 is 0.867 bits per heavy atom. The van der Waals surface area contributed by atoms with Crippen LogP contribution in [0.15, 0.2) is 0 Å². The van der Waals surface area contributed by atoms with Gasteiger partial charge in [0.05, 0.1) is 0 Å². The van der Waals surface area contributed by atoms with E-state index in [4.69, 9.17) is 0 Å². The Morgan fingerprint density at radius 2 is 0.667 bits per heavy atom. The molecule has 0 fully saturated rings. The molecular weight excluding hydrogens is 415 g/mol. The van der Waals surface area contributed by atoms with Crippen molar-refractivity contribution in [2.24, 2.45) is 0 Å². The summed E-state index contributed by atoms with van der Waals surface area (Å²) in [5, 5.41) is 20.2. The van der Waals surface area contributed by atoms with Crippen molar-refractivity contribution in [2.75, 3.05) is 0 Å². The average Bonchev–Trinajstić information content (AvgIpc) is 2.65. The third-order valence-corrected chi connectivity index (χ3v) is 4.97. The fourth-order valence-electron chi connectivity index (χ4n) is 3.16. The summed E-state index contributed by atoms with van der Waals surface area (Å²) < 4.78 is 0. The summed E-state index contributed by atoms with van der Waals surface area (Å²) >= 11 is 0. The van der Waals surface area contributed by atoms with E-state index < -0.39 is 11.9 Å². The smallest absolute Gasteiger partial charge is 1.00 e. The molecule has 0 aliphatic heterocycles. The molecule has 4 nitrogen and oxygen atoms in total. The van der Waals surface area contributed by atoms with Gasteiger partial charge in [-0.05, 0) is 25.7 Å². The molecular formula is C24H46AlClO4. The predicted molar refractivity (Wildman–Crippen MR) is 119 cm³/mol. The second-order valence-corrected chi connectivity index (χ2v) is 7.90. The molecule has 0 aromatic carbocycles. The normalized spacial score (nSPS) is 9.67. The maximum Gasteiger partial charge on any atom is 3.00 e. The minimum absolute atomic E-state index is 0. The van der Waals surface area contributed by atoms with E-state index in [9.17, 15) is 19.8 Å². The van der Waals surface area contributed by atoms with Crippen LogP contribution in [-0.4, -0.2) is 29.3 Å². The van der Waals surface area contributed by atoms with Gasteiger partial charge in [-0.2, -0.15) is 0 Å². The molecule has 176 valence electrons. The Labute approximate surface area is 203 Å². The predicted octanol–water partition coefficient (Wildman–Crippen LogP) is 1.94. The number of unbranched alkanes of at least 4 members (excludes halogenated alkanes) is 16. The molecule has 0 N–H and O–H groups in total. The second kappa shape index (κ2) is 33.4. The fraction of sp³-hybridized carbons (Fsp3) is 0.917. The van der Waals surface area contributed by atoms with Gasteiger partial charge in [0.1, 0.15) is 0 Å². The van der Waals surface area contributed by atoms with Crippen LogP contribution in [0.2, 0.25) is 0 Å². The monoisotopic (exact) mass is 460 g/mol. The molecule has 0 atom stereocenters. The fourth-order valence-corrected chi connectivity index (χ4v) is 3.16. The maximum absolute atomic E-state index is 10.1. The Hall–Kier alpha value is -0.238. The number of halogens is 1. The van der Waals surface area contributed by atoms with E-state index in [-0.39, 0.29) is 42.6 Å². The molecule has 0 unspecified atom stereocenters. The number of carbonyl (C=O) groups excluding carboxylic acids is 2. The van der Waals surface area contributed by atoms with Crippen LogP contribution in [0.1, 0.15) is 142 Å².